The maximum absolute atomic E-state index is 12.2. The van der Waals surface area contributed by atoms with E-state index in [0.717, 1.165) is 25.7 Å². The number of aromatic amines is 1. The lowest BCUT2D eigenvalue weighted by Crippen LogP contribution is -2.41. The van der Waals surface area contributed by atoms with Gasteiger partial charge in [-0.05, 0) is 19.9 Å². The number of nitrogens with one attached hydrogen (secondary N) is 2. The third kappa shape index (κ3) is 2.52. The maximum atomic E-state index is 12.2. The molecule has 2 rings (SSSR count). The van der Waals surface area contributed by atoms with Crippen LogP contribution < -0.4 is 10.9 Å². The Kier molecular flexibility index (Phi) is 3.53. The van der Waals surface area contributed by atoms with Gasteiger partial charge < -0.3 is 15.2 Å². The Bertz CT molecular complexity index is 431. The molecule has 6 heteroatoms. The number of likely N-dealkylation sites (N-methyl/N-ethyl adjacent to an activating group) is 1. The molecular weight excluding hydrogens is 220 g/mol. The summed E-state index contributed by atoms with van der Waals surface area (Å²) < 4.78 is 0. The van der Waals surface area contributed by atoms with E-state index >= 15 is 0 Å². The van der Waals surface area contributed by atoms with Gasteiger partial charge in [0.05, 0.1) is 6.20 Å². The van der Waals surface area contributed by atoms with Crippen molar-refractivity contribution in [1.29, 1.82) is 0 Å². The van der Waals surface area contributed by atoms with E-state index in [2.05, 4.69) is 15.3 Å². The van der Waals surface area contributed by atoms with Gasteiger partial charge >= 0.3 is 0 Å². The molecule has 1 amide bonds. The van der Waals surface area contributed by atoms with E-state index in [1.807, 2.05) is 6.92 Å². The van der Waals surface area contributed by atoms with Gasteiger partial charge in [0.1, 0.15) is 5.69 Å². The van der Waals surface area contributed by atoms with Gasteiger partial charge in [0, 0.05) is 25.3 Å². The van der Waals surface area contributed by atoms with Crippen LogP contribution in [-0.4, -0.2) is 46.5 Å². The third-order valence-corrected chi connectivity index (χ3v) is 2.97. The predicted molar refractivity (Wildman–Crippen MR) is 62.8 cm³/mol. The van der Waals surface area contributed by atoms with Crippen molar-refractivity contribution in [2.45, 2.75) is 19.4 Å². The van der Waals surface area contributed by atoms with Crippen LogP contribution in [0.25, 0.3) is 0 Å². The van der Waals surface area contributed by atoms with Gasteiger partial charge in [0.2, 0.25) is 0 Å². The number of rotatable bonds is 3. The van der Waals surface area contributed by atoms with Crippen molar-refractivity contribution in [3.05, 3.63) is 28.4 Å². The Morgan fingerprint density at radius 3 is 3.00 bits per heavy atom. The molecular formula is C11H16N4O2. The van der Waals surface area contributed by atoms with Gasteiger partial charge in [0.15, 0.2) is 0 Å². The molecule has 1 unspecified atom stereocenters. The Morgan fingerprint density at radius 1 is 1.65 bits per heavy atom. The normalized spacial score (nSPS) is 19.2. The molecule has 1 aromatic rings. The first kappa shape index (κ1) is 11.8. The summed E-state index contributed by atoms with van der Waals surface area (Å²) in [5, 5.41) is 3.23. The number of hydrogen-bond donors (Lipinski definition) is 2. The largest absolute Gasteiger partial charge is 0.333 e. The maximum Gasteiger partial charge on any atom is 0.274 e. The van der Waals surface area contributed by atoms with E-state index in [1.165, 1.54) is 6.20 Å². The summed E-state index contributed by atoms with van der Waals surface area (Å²) in [6, 6.07) is 0.223. The fourth-order valence-electron chi connectivity index (χ4n) is 2.08. The molecule has 1 fully saturated rings. The molecule has 0 aromatic carbocycles. The number of aromatic nitrogens is 2. The molecule has 0 saturated carbocycles. The first-order valence-corrected chi connectivity index (χ1v) is 5.78. The molecule has 92 valence electrons. The minimum Gasteiger partial charge on any atom is -0.333 e. The highest BCUT2D eigenvalue weighted by Gasteiger charge is 2.26. The van der Waals surface area contributed by atoms with Crippen molar-refractivity contribution in [2.24, 2.45) is 0 Å². The first-order valence-electron chi connectivity index (χ1n) is 5.78. The molecule has 1 aliphatic rings. The van der Waals surface area contributed by atoms with Crippen LogP contribution in [0.15, 0.2) is 17.2 Å². The van der Waals surface area contributed by atoms with E-state index in [-0.39, 0.29) is 17.5 Å². The fraction of sp³-hybridized carbons (Fsp3) is 0.545. The number of carbonyl (C=O) groups excluding carboxylic acids is 1. The molecule has 1 aromatic heterocycles. The Balaban J connectivity index is 2.16. The Hall–Kier alpha value is -1.69. The van der Waals surface area contributed by atoms with Gasteiger partial charge in [-0.1, -0.05) is 0 Å². The lowest BCUT2D eigenvalue weighted by Gasteiger charge is -2.26. The average molecular weight is 236 g/mol. The van der Waals surface area contributed by atoms with Crippen LogP contribution in [0.5, 0.6) is 0 Å². The first-order chi connectivity index (χ1) is 8.22. The number of hydrogen-bond acceptors (Lipinski definition) is 4. The summed E-state index contributed by atoms with van der Waals surface area (Å²) in [7, 11) is 0. The van der Waals surface area contributed by atoms with Crippen LogP contribution in [0, 0.1) is 0 Å². The quantitative estimate of drug-likeness (QED) is 0.748. The number of carbonyl (C=O) groups is 1. The zero-order valence-electron chi connectivity index (χ0n) is 9.77. The van der Waals surface area contributed by atoms with Crippen LogP contribution in [0.4, 0.5) is 0 Å². The van der Waals surface area contributed by atoms with Gasteiger partial charge in [-0.15, -0.1) is 0 Å². The van der Waals surface area contributed by atoms with Crippen LogP contribution in [-0.2, 0) is 0 Å². The van der Waals surface area contributed by atoms with Crippen LogP contribution in [0.1, 0.15) is 23.8 Å². The lowest BCUT2D eigenvalue weighted by molar-refractivity contribution is 0.0697. The topological polar surface area (TPSA) is 78.1 Å². The van der Waals surface area contributed by atoms with Crippen LogP contribution in [0.2, 0.25) is 0 Å². The van der Waals surface area contributed by atoms with Crippen molar-refractivity contribution in [3.63, 3.8) is 0 Å². The lowest BCUT2D eigenvalue weighted by atomic mass is 10.2. The molecule has 1 saturated heterocycles. The van der Waals surface area contributed by atoms with E-state index in [9.17, 15) is 9.59 Å². The van der Waals surface area contributed by atoms with E-state index in [1.54, 1.807) is 4.90 Å². The molecule has 2 heterocycles. The molecule has 1 atom stereocenters. The van der Waals surface area contributed by atoms with Crippen molar-refractivity contribution >= 4 is 5.91 Å². The highest BCUT2D eigenvalue weighted by Crippen LogP contribution is 2.11. The smallest absolute Gasteiger partial charge is 0.274 e. The molecule has 2 N–H and O–H groups in total. The average Bonchev–Trinajstić information content (AvgIpc) is 2.84. The van der Waals surface area contributed by atoms with Gasteiger partial charge in [-0.2, -0.15) is 0 Å². The molecule has 0 spiro atoms. The molecule has 1 aliphatic heterocycles. The summed E-state index contributed by atoms with van der Waals surface area (Å²) >= 11 is 0. The minimum absolute atomic E-state index is 0.127. The van der Waals surface area contributed by atoms with Gasteiger partial charge in [-0.3, -0.25) is 9.59 Å². The molecule has 17 heavy (non-hydrogen) atoms. The summed E-state index contributed by atoms with van der Waals surface area (Å²) in [5.74, 6) is -0.127. The Labute approximate surface area is 99.1 Å². The highest BCUT2D eigenvalue weighted by atomic mass is 16.2. The second-order valence-electron chi connectivity index (χ2n) is 4.03. The molecule has 0 bridgehead atoms. The standard InChI is InChI=1S/C11H16N4O2/c1-2-15(8-3-4-12-5-8)11(17)9-6-14-10(16)7-13-9/h6-8,12H,2-5H2,1H3,(H,14,16). The second kappa shape index (κ2) is 5.09. The van der Waals surface area contributed by atoms with Crippen molar-refractivity contribution in [2.75, 3.05) is 19.6 Å². The van der Waals surface area contributed by atoms with Crippen molar-refractivity contribution in [3.8, 4) is 0 Å². The third-order valence-electron chi connectivity index (χ3n) is 2.97. The Morgan fingerprint density at radius 2 is 2.47 bits per heavy atom. The summed E-state index contributed by atoms with van der Waals surface area (Å²) in [6.45, 7) is 4.35. The molecule has 0 aliphatic carbocycles. The molecule has 0 radical (unpaired) electrons. The zero-order chi connectivity index (χ0) is 12.3. The monoisotopic (exact) mass is 236 g/mol. The number of H-pyrrole nitrogens is 1. The number of amides is 1. The van der Waals surface area contributed by atoms with Crippen LogP contribution in [0.3, 0.4) is 0 Å². The minimum atomic E-state index is -0.299. The number of nitrogens with zero attached hydrogens (tertiary/aromatic N) is 2. The summed E-state index contributed by atoms with van der Waals surface area (Å²) in [6.07, 6.45) is 3.46. The molecule has 6 nitrogen and oxygen atoms in total. The highest BCUT2D eigenvalue weighted by molar-refractivity contribution is 5.92. The van der Waals surface area contributed by atoms with E-state index < -0.39 is 0 Å². The fourth-order valence-corrected chi connectivity index (χ4v) is 2.08. The second-order valence-corrected chi connectivity index (χ2v) is 4.03. The van der Waals surface area contributed by atoms with Crippen molar-refractivity contribution < 1.29 is 4.79 Å². The summed E-state index contributed by atoms with van der Waals surface area (Å²) in [4.78, 5) is 31.2. The van der Waals surface area contributed by atoms with Gasteiger partial charge in [-0.25, -0.2) is 4.98 Å². The van der Waals surface area contributed by atoms with E-state index in [4.69, 9.17) is 0 Å². The van der Waals surface area contributed by atoms with Gasteiger partial charge in [0.25, 0.3) is 11.5 Å². The van der Waals surface area contributed by atoms with E-state index in [0.29, 0.717) is 12.2 Å². The predicted octanol–water partition coefficient (Wildman–Crippen LogP) is -0.406. The zero-order valence-corrected chi connectivity index (χ0v) is 9.77. The summed E-state index contributed by atoms with van der Waals surface area (Å²) in [5.41, 5.74) is -0.00881. The SMILES string of the molecule is CCN(C(=O)c1c[nH]c(=O)cn1)C1CCNC1. The van der Waals surface area contributed by atoms with Crippen LogP contribution >= 0.6 is 0 Å². The van der Waals surface area contributed by atoms with Crippen molar-refractivity contribution in [1.82, 2.24) is 20.2 Å².